The molecule has 4 N–H and O–H groups in total. The average molecular weight is 348 g/mol. The van der Waals surface area contributed by atoms with Crippen LogP contribution in [-0.4, -0.2) is 20.4 Å². The summed E-state index contributed by atoms with van der Waals surface area (Å²) in [5, 5.41) is 22.7. The second-order valence-electron chi connectivity index (χ2n) is 4.36. The minimum atomic E-state index is -0.242. The highest BCUT2D eigenvalue weighted by atomic mass is 79.9. The molecule has 3 aromatic rings. The second kappa shape index (κ2) is 5.10. The van der Waals surface area contributed by atoms with Gasteiger partial charge in [-0.3, -0.25) is 0 Å². The van der Waals surface area contributed by atoms with Crippen LogP contribution in [-0.2, 0) is 0 Å². The van der Waals surface area contributed by atoms with Crippen molar-refractivity contribution in [1.82, 2.24) is 10.1 Å². The lowest BCUT2D eigenvalue weighted by atomic mass is 10.2. The predicted octanol–water partition coefficient (Wildman–Crippen LogP) is 3.16. The number of phenols is 2. The number of nitrogens with two attached hydrogens (primary N) is 1. The van der Waals surface area contributed by atoms with E-state index in [4.69, 9.17) is 10.3 Å². The summed E-state index contributed by atoms with van der Waals surface area (Å²) in [6, 6.07) is 9.59. The molecule has 0 saturated heterocycles. The Morgan fingerprint density at radius 3 is 2.48 bits per heavy atom. The Kier molecular flexibility index (Phi) is 3.26. The summed E-state index contributed by atoms with van der Waals surface area (Å²) < 4.78 is 5.94. The highest BCUT2D eigenvalue weighted by Crippen LogP contribution is 2.31. The summed E-state index contributed by atoms with van der Waals surface area (Å²) in [4.78, 5) is 4.26. The molecule has 2 aromatic carbocycles. The molecule has 1 heterocycles. The topological polar surface area (TPSA) is 105 Å². The van der Waals surface area contributed by atoms with Gasteiger partial charge in [0, 0.05) is 21.3 Å². The van der Waals surface area contributed by atoms with E-state index < -0.39 is 0 Å². The first-order valence-electron chi connectivity index (χ1n) is 5.96. The lowest BCUT2D eigenvalue weighted by Crippen LogP contribution is -1.87. The smallest absolute Gasteiger partial charge is 0.258 e. The molecule has 0 bridgehead atoms. The van der Waals surface area contributed by atoms with Gasteiger partial charge in [0.25, 0.3) is 5.89 Å². The van der Waals surface area contributed by atoms with E-state index in [1.807, 2.05) is 0 Å². The molecule has 7 heteroatoms. The van der Waals surface area contributed by atoms with Gasteiger partial charge in [-0.25, -0.2) is 0 Å². The van der Waals surface area contributed by atoms with E-state index in [2.05, 4.69) is 26.1 Å². The maximum atomic E-state index is 9.50. The largest absolute Gasteiger partial charge is 0.504 e. The molecule has 1 aromatic heterocycles. The number of aromatic hydroxyl groups is 2. The molecule has 0 aliphatic rings. The molecule has 21 heavy (non-hydrogen) atoms. The number of rotatable bonds is 2. The summed E-state index contributed by atoms with van der Waals surface area (Å²) >= 11 is 3.34. The Hall–Kier alpha value is -2.54. The van der Waals surface area contributed by atoms with E-state index in [0.717, 1.165) is 10.0 Å². The van der Waals surface area contributed by atoms with Gasteiger partial charge in [-0.15, -0.1) is 0 Å². The van der Waals surface area contributed by atoms with Crippen molar-refractivity contribution in [1.29, 1.82) is 0 Å². The van der Waals surface area contributed by atoms with Gasteiger partial charge in [0.15, 0.2) is 11.5 Å². The quantitative estimate of drug-likeness (QED) is 0.485. The number of nitrogen functional groups attached to an aromatic ring is 1. The summed E-state index contributed by atoms with van der Waals surface area (Å²) in [6.07, 6.45) is 0. The fourth-order valence-corrected chi connectivity index (χ4v) is 2.16. The SMILES string of the molecule is Nc1ccc(-c2nc(-c3ccc(O)c(O)c3)no2)cc1Br. The van der Waals surface area contributed by atoms with Gasteiger partial charge in [-0.1, -0.05) is 5.16 Å². The van der Waals surface area contributed by atoms with Crippen LogP contribution in [0.5, 0.6) is 11.5 Å². The van der Waals surface area contributed by atoms with Crippen LogP contribution in [0.25, 0.3) is 22.8 Å². The van der Waals surface area contributed by atoms with Crippen LogP contribution in [0.2, 0.25) is 0 Å². The number of anilines is 1. The highest BCUT2D eigenvalue weighted by molar-refractivity contribution is 9.10. The molecule has 0 saturated carbocycles. The minimum Gasteiger partial charge on any atom is -0.504 e. The molecule has 106 valence electrons. The molecule has 0 spiro atoms. The molecule has 0 radical (unpaired) electrons. The van der Waals surface area contributed by atoms with Crippen molar-refractivity contribution < 1.29 is 14.7 Å². The summed E-state index contributed by atoms with van der Waals surface area (Å²) in [7, 11) is 0. The van der Waals surface area contributed by atoms with Gasteiger partial charge in [-0.05, 0) is 52.3 Å². The van der Waals surface area contributed by atoms with E-state index in [9.17, 15) is 10.2 Å². The maximum Gasteiger partial charge on any atom is 0.258 e. The van der Waals surface area contributed by atoms with Crippen molar-refractivity contribution in [3.8, 4) is 34.3 Å². The highest BCUT2D eigenvalue weighted by Gasteiger charge is 2.13. The van der Waals surface area contributed by atoms with Crippen LogP contribution >= 0.6 is 15.9 Å². The van der Waals surface area contributed by atoms with Crippen molar-refractivity contribution in [2.45, 2.75) is 0 Å². The molecular formula is C14H10BrN3O3. The third-order valence-electron chi connectivity index (χ3n) is 2.91. The Balaban J connectivity index is 1.99. The maximum absolute atomic E-state index is 9.50. The zero-order valence-corrected chi connectivity index (χ0v) is 12.2. The van der Waals surface area contributed by atoms with Crippen LogP contribution < -0.4 is 5.73 Å². The van der Waals surface area contributed by atoms with Crippen LogP contribution in [0.1, 0.15) is 0 Å². The fourth-order valence-electron chi connectivity index (χ4n) is 1.78. The fraction of sp³-hybridized carbons (Fsp3) is 0. The lowest BCUT2D eigenvalue weighted by Gasteiger charge is -1.99. The number of phenolic OH excluding ortho intramolecular Hbond substituents is 2. The van der Waals surface area contributed by atoms with Crippen molar-refractivity contribution in [3.63, 3.8) is 0 Å². The molecule has 0 unspecified atom stereocenters. The molecule has 0 fully saturated rings. The van der Waals surface area contributed by atoms with Crippen LogP contribution in [0.4, 0.5) is 5.69 Å². The first-order valence-corrected chi connectivity index (χ1v) is 6.75. The van der Waals surface area contributed by atoms with Crippen molar-refractivity contribution in [2.24, 2.45) is 0 Å². The molecule has 0 aliphatic carbocycles. The summed E-state index contributed by atoms with van der Waals surface area (Å²) in [5.74, 6) is 0.200. The van der Waals surface area contributed by atoms with E-state index in [1.54, 1.807) is 24.3 Å². The van der Waals surface area contributed by atoms with Crippen LogP contribution in [0.3, 0.4) is 0 Å². The van der Waals surface area contributed by atoms with E-state index in [0.29, 0.717) is 23.0 Å². The van der Waals surface area contributed by atoms with Crippen molar-refractivity contribution in [2.75, 3.05) is 5.73 Å². The third-order valence-corrected chi connectivity index (χ3v) is 3.59. The Labute approximate surface area is 128 Å². The third kappa shape index (κ3) is 2.55. The first-order chi connectivity index (χ1) is 10.0. The van der Waals surface area contributed by atoms with Gasteiger partial charge in [0.2, 0.25) is 5.82 Å². The number of hydrogen-bond acceptors (Lipinski definition) is 6. The molecular weight excluding hydrogens is 338 g/mol. The minimum absolute atomic E-state index is 0.204. The van der Waals surface area contributed by atoms with Crippen molar-refractivity contribution >= 4 is 21.6 Å². The van der Waals surface area contributed by atoms with Gasteiger partial charge >= 0.3 is 0 Å². The van der Waals surface area contributed by atoms with Gasteiger partial charge < -0.3 is 20.5 Å². The molecule has 6 nitrogen and oxygen atoms in total. The molecule has 0 amide bonds. The van der Waals surface area contributed by atoms with Crippen LogP contribution in [0, 0.1) is 0 Å². The Morgan fingerprint density at radius 1 is 1.00 bits per heavy atom. The number of nitrogens with zero attached hydrogens (tertiary/aromatic N) is 2. The Morgan fingerprint density at radius 2 is 1.76 bits per heavy atom. The van der Waals surface area contributed by atoms with Gasteiger partial charge in [0.05, 0.1) is 0 Å². The first kappa shape index (κ1) is 13.4. The predicted molar refractivity (Wildman–Crippen MR) is 80.6 cm³/mol. The lowest BCUT2D eigenvalue weighted by molar-refractivity contribution is 0.404. The molecule has 3 rings (SSSR count). The number of halogens is 1. The average Bonchev–Trinajstić information content (AvgIpc) is 2.94. The van der Waals surface area contributed by atoms with Gasteiger partial charge in [0.1, 0.15) is 0 Å². The second-order valence-corrected chi connectivity index (χ2v) is 5.22. The number of hydrogen-bond donors (Lipinski definition) is 3. The number of aromatic nitrogens is 2. The zero-order chi connectivity index (χ0) is 15.0. The van der Waals surface area contributed by atoms with E-state index in [1.165, 1.54) is 12.1 Å². The normalized spacial score (nSPS) is 10.7. The standard InChI is InChI=1S/C14H10BrN3O3/c15-9-5-8(1-3-10(9)16)14-17-13(18-21-14)7-2-4-11(19)12(20)6-7/h1-6,19-20H,16H2. The summed E-state index contributed by atoms with van der Waals surface area (Å²) in [5.41, 5.74) is 7.60. The van der Waals surface area contributed by atoms with E-state index >= 15 is 0 Å². The molecule has 0 aliphatic heterocycles. The van der Waals surface area contributed by atoms with Gasteiger partial charge in [-0.2, -0.15) is 4.98 Å². The summed E-state index contributed by atoms with van der Waals surface area (Å²) in [6.45, 7) is 0. The zero-order valence-electron chi connectivity index (χ0n) is 10.6. The number of benzene rings is 2. The monoisotopic (exact) mass is 347 g/mol. The van der Waals surface area contributed by atoms with Crippen molar-refractivity contribution in [3.05, 3.63) is 40.9 Å². The van der Waals surface area contributed by atoms with E-state index in [-0.39, 0.29) is 11.5 Å². The Bertz CT molecular complexity index is 751. The van der Waals surface area contributed by atoms with Crippen LogP contribution in [0.15, 0.2) is 45.4 Å². The molecule has 0 atom stereocenters.